The Kier molecular flexibility index (Phi) is 3.44. The first-order chi connectivity index (χ1) is 10.1. The Morgan fingerprint density at radius 2 is 1.71 bits per heavy atom. The van der Waals surface area contributed by atoms with Crippen molar-refractivity contribution < 1.29 is 0 Å². The summed E-state index contributed by atoms with van der Waals surface area (Å²) in [4.78, 5) is 21.1. The maximum atomic E-state index is 11.2. The maximum Gasteiger partial charge on any atom is 0.323 e. The van der Waals surface area contributed by atoms with Gasteiger partial charge < -0.3 is 9.97 Å². The van der Waals surface area contributed by atoms with E-state index in [0.717, 1.165) is 22.3 Å². The van der Waals surface area contributed by atoms with Gasteiger partial charge in [0.1, 0.15) is 0 Å². The molecule has 0 atom stereocenters. The molecular formula is C17H17N3O. The molecule has 0 fully saturated rings. The molecule has 0 unspecified atom stereocenters. The molecule has 0 saturated heterocycles. The van der Waals surface area contributed by atoms with Gasteiger partial charge in [-0.2, -0.15) is 0 Å². The number of rotatable bonds is 3. The van der Waals surface area contributed by atoms with Gasteiger partial charge in [0.15, 0.2) is 0 Å². The monoisotopic (exact) mass is 279 g/mol. The molecule has 0 radical (unpaired) electrons. The van der Waals surface area contributed by atoms with Gasteiger partial charge in [0.25, 0.3) is 0 Å². The standard InChI is InChI=1S/C17H17N3O/c1-11(2)13-5-3-12(4-6-13)10-18-14-7-8-15-16(9-14)20-17(21)19-15/h3-11H,1-2H3,(H2,19,20,21). The molecule has 0 amide bonds. The number of imidazole rings is 1. The van der Waals surface area contributed by atoms with Crippen molar-refractivity contribution in [1.82, 2.24) is 9.97 Å². The largest absolute Gasteiger partial charge is 0.323 e. The van der Waals surface area contributed by atoms with Crippen LogP contribution in [0.25, 0.3) is 11.0 Å². The Morgan fingerprint density at radius 1 is 1.00 bits per heavy atom. The van der Waals surface area contributed by atoms with E-state index in [1.807, 2.05) is 24.4 Å². The number of aliphatic imine (C=N–C) groups is 1. The zero-order chi connectivity index (χ0) is 14.8. The van der Waals surface area contributed by atoms with Crippen LogP contribution in [-0.4, -0.2) is 16.2 Å². The van der Waals surface area contributed by atoms with Crippen LogP contribution in [-0.2, 0) is 0 Å². The van der Waals surface area contributed by atoms with E-state index in [9.17, 15) is 4.79 Å². The third-order valence-corrected chi connectivity index (χ3v) is 3.47. The van der Waals surface area contributed by atoms with E-state index in [0.29, 0.717) is 5.92 Å². The third-order valence-electron chi connectivity index (χ3n) is 3.47. The van der Waals surface area contributed by atoms with E-state index in [1.54, 1.807) is 0 Å². The highest BCUT2D eigenvalue weighted by Gasteiger charge is 1.99. The van der Waals surface area contributed by atoms with Crippen molar-refractivity contribution in [3.8, 4) is 0 Å². The highest BCUT2D eigenvalue weighted by atomic mass is 16.1. The lowest BCUT2D eigenvalue weighted by Crippen LogP contribution is -1.99. The van der Waals surface area contributed by atoms with E-state index < -0.39 is 0 Å². The number of H-pyrrole nitrogens is 2. The van der Waals surface area contributed by atoms with Crippen LogP contribution in [0.3, 0.4) is 0 Å². The van der Waals surface area contributed by atoms with E-state index in [2.05, 4.69) is 53.1 Å². The predicted octanol–water partition coefficient (Wildman–Crippen LogP) is 3.73. The quantitative estimate of drug-likeness (QED) is 0.705. The highest BCUT2D eigenvalue weighted by Crippen LogP contribution is 2.18. The molecule has 0 aliphatic rings. The first-order valence-corrected chi connectivity index (χ1v) is 6.98. The summed E-state index contributed by atoms with van der Waals surface area (Å²) in [5, 5.41) is 0. The highest BCUT2D eigenvalue weighted by molar-refractivity contribution is 5.84. The summed E-state index contributed by atoms with van der Waals surface area (Å²) in [5.74, 6) is 0.531. The normalized spacial score (nSPS) is 11.8. The lowest BCUT2D eigenvalue weighted by Gasteiger charge is -2.04. The number of hydrogen-bond donors (Lipinski definition) is 2. The van der Waals surface area contributed by atoms with Crippen molar-refractivity contribution >= 4 is 22.9 Å². The first kappa shape index (κ1) is 13.4. The number of nitrogens with zero attached hydrogens (tertiary/aromatic N) is 1. The van der Waals surface area contributed by atoms with Gasteiger partial charge in [-0.05, 0) is 35.2 Å². The molecule has 3 aromatic rings. The minimum Gasteiger partial charge on any atom is -0.306 e. The molecule has 0 bridgehead atoms. The van der Waals surface area contributed by atoms with E-state index in [1.165, 1.54) is 5.56 Å². The maximum absolute atomic E-state index is 11.2. The van der Waals surface area contributed by atoms with Crippen LogP contribution in [0.1, 0.15) is 30.9 Å². The number of aromatic nitrogens is 2. The zero-order valence-electron chi connectivity index (χ0n) is 12.1. The molecule has 0 aliphatic carbocycles. The molecule has 106 valence electrons. The summed E-state index contributed by atoms with van der Waals surface area (Å²) in [7, 11) is 0. The van der Waals surface area contributed by atoms with Crippen LogP contribution in [0, 0.1) is 0 Å². The minimum absolute atomic E-state index is 0.199. The lowest BCUT2D eigenvalue weighted by molar-refractivity contribution is 0.866. The number of nitrogens with one attached hydrogen (secondary N) is 2. The summed E-state index contributed by atoms with van der Waals surface area (Å²) in [6.45, 7) is 4.35. The van der Waals surface area contributed by atoms with Crippen LogP contribution in [0.15, 0.2) is 52.3 Å². The van der Waals surface area contributed by atoms with Gasteiger partial charge in [0.05, 0.1) is 16.7 Å². The molecule has 21 heavy (non-hydrogen) atoms. The Balaban J connectivity index is 1.84. The van der Waals surface area contributed by atoms with E-state index in [-0.39, 0.29) is 5.69 Å². The molecule has 0 aliphatic heterocycles. The van der Waals surface area contributed by atoms with Gasteiger partial charge in [-0.3, -0.25) is 4.99 Å². The minimum atomic E-state index is -0.199. The molecule has 1 heterocycles. The SMILES string of the molecule is CC(C)c1ccc(C=Nc2ccc3[nH]c(=O)[nH]c3c2)cc1. The van der Waals surface area contributed by atoms with Crippen LogP contribution < -0.4 is 5.69 Å². The molecule has 3 rings (SSSR count). The summed E-state index contributed by atoms with van der Waals surface area (Å²) in [6.07, 6.45) is 1.83. The third kappa shape index (κ3) is 2.94. The molecule has 4 nitrogen and oxygen atoms in total. The smallest absolute Gasteiger partial charge is 0.306 e. The molecule has 0 spiro atoms. The molecular weight excluding hydrogens is 262 g/mol. The van der Waals surface area contributed by atoms with Crippen molar-refractivity contribution in [3.63, 3.8) is 0 Å². The Labute approximate surface area is 122 Å². The summed E-state index contributed by atoms with van der Waals surface area (Å²) < 4.78 is 0. The summed E-state index contributed by atoms with van der Waals surface area (Å²) in [5.41, 5.74) is 4.55. The van der Waals surface area contributed by atoms with E-state index >= 15 is 0 Å². The Morgan fingerprint density at radius 3 is 2.43 bits per heavy atom. The van der Waals surface area contributed by atoms with Crippen molar-refractivity contribution in [1.29, 1.82) is 0 Å². The fourth-order valence-electron chi connectivity index (χ4n) is 2.22. The van der Waals surface area contributed by atoms with Crippen molar-refractivity contribution in [2.24, 2.45) is 4.99 Å². The average Bonchev–Trinajstić information content (AvgIpc) is 2.84. The molecule has 2 aromatic carbocycles. The summed E-state index contributed by atoms with van der Waals surface area (Å²) in [6, 6.07) is 14.0. The van der Waals surface area contributed by atoms with E-state index in [4.69, 9.17) is 0 Å². The second kappa shape index (κ2) is 5.40. The Hall–Kier alpha value is -2.62. The van der Waals surface area contributed by atoms with Crippen molar-refractivity contribution in [2.75, 3.05) is 0 Å². The topological polar surface area (TPSA) is 61.0 Å². The number of fused-ring (bicyclic) bond motifs is 1. The van der Waals surface area contributed by atoms with Crippen LogP contribution in [0.2, 0.25) is 0 Å². The van der Waals surface area contributed by atoms with Crippen molar-refractivity contribution in [3.05, 3.63) is 64.1 Å². The molecule has 2 N–H and O–H groups in total. The van der Waals surface area contributed by atoms with Crippen LogP contribution in [0.4, 0.5) is 5.69 Å². The fourth-order valence-corrected chi connectivity index (χ4v) is 2.22. The van der Waals surface area contributed by atoms with Gasteiger partial charge in [0, 0.05) is 6.21 Å². The van der Waals surface area contributed by atoms with Gasteiger partial charge in [-0.25, -0.2) is 4.79 Å². The predicted molar refractivity (Wildman–Crippen MR) is 86.7 cm³/mol. The average molecular weight is 279 g/mol. The first-order valence-electron chi connectivity index (χ1n) is 6.98. The lowest BCUT2D eigenvalue weighted by atomic mass is 10.0. The zero-order valence-corrected chi connectivity index (χ0v) is 12.1. The van der Waals surface area contributed by atoms with Gasteiger partial charge >= 0.3 is 5.69 Å². The Bertz CT molecular complexity index is 838. The summed E-state index contributed by atoms with van der Waals surface area (Å²) >= 11 is 0. The number of hydrogen-bond acceptors (Lipinski definition) is 2. The molecule has 4 heteroatoms. The van der Waals surface area contributed by atoms with Crippen LogP contribution in [0.5, 0.6) is 0 Å². The van der Waals surface area contributed by atoms with Crippen LogP contribution >= 0.6 is 0 Å². The number of aromatic amines is 2. The second-order valence-electron chi connectivity index (χ2n) is 5.39. The molecule has 1 aromatic heterocycles. The fraction of sp³-hybridized carbons (Fsp3) is 0.176. The van der Waals surface area contributed by atoms with Crippen molar-refractivity contribution in [2.45, 2.75) is 19.8 Å². The second-order valence-corrected chi connectivity index (χ2v) is 5.39. The molecule has 0 saturated carbocycles. The van der Waals surface area contributed by atoms with Gasteiger partial charge in [-0.1, -0.05) is 38.1 Å². The van der Waals surface area contributed by atoms with Gasteiger partial charge in [-0.15, -0.1) is 0 Å². The number of benzene rings is 2. The van der Waals surface area contributed by atoms with Gasteiger partial charge in [0.2, 0.25) is 0 Å².